The third-order valence-electron chi connectivity index (χ3n) is 9.93. The lowest BCUT2D eigenvalue weighted by atomic mass is 9.90. The first-order valence-corrected chi connectivity index (χ1v) is 18.4. The molecular weight excluding hydrogens is 712 g/mol. The number of carbonyl (C=O) groups is 6. The third kappa shape index (κ3) is 9.39. The van der Waals surface area contributed by atoms with Gasteiger partial charge in [-0.2, -0.15) is 0 Å². The third-order valence-corrected chi connectivity index (χ3v) is 9.93. The van der Waals surface area contributed by atoms with Gasteiger partial charge < -0.3 is 30.0 Å². The quantitative estimate of drug-likeness (QED) is 0.125. The first kappa shape index (κ1) is 39.1. The predicted octanol–water partition coefficient (Wildman–Crippen LogP) is 2.26. The van der Waals surface area contributed by atoms with Gasteiger partial charge in [-0.1, -0.05) is 24.3 Å². The number of phenolic OH excluding ortho intramolecular Hbond substituents is 1. The fourth-order valence-electron chi connectivity index (χ4n) is 7.08. The zero-order valence-electron chi connectivity index (χ0n) is 30.4. The number of aromatic hydroxyl groups is 1. The van der Waals surface area contributed by atoms with E-state index in [9.17, 15) is 33.9 Å². The molecule has 0 aliphatic carbocycles. The van der Waals surface area contributed by atoms with Crippen molar-refractivity contribution in [3.8, 4) is 17.0 Å². The number of imide groups is 2. The summed E-state index contributed by atoms with van der Waals surface area (Å²) in [6.45, 7) is 2.58. The number of hydrogen-bond acceptors (Lipinski definition) is 14. The fourth-order valence-corrected chi connectivity index (χ4v) is 7.08. The van der Waals surface area contributed by atoms with Crippen molar-refractivity contribution in [3.63, 3.8) is 0 Å². The zero-order valence-corrected chi connectivity index (χ0v) is 30.4. The van der Waals surface area contributed by atoms with Gasteiger partial charge in [0.15, 0.2) is 11.6 Å². The Hall–Kier alpha value is -5.58. The van der Waals surface area contributed by atoms with Gasteiger partial charge in [0.05, 0.1) is 48.9 Å². The number of phenols is 1. The number of Topliss-reactive ketones (excluding diaryl/α,β-unsaturated/α-hetero) is 2. The maximum Gasteiger partial charge on any atom is 0.262 e. The molecular formula is C39H44N6O10. The molecule has 0 radical (unpaired) electrons. The Kier molecular flexibility index (Phi) is 12.9. The van der Waals surface area contributed by atoms with E-state index in [0.717, 1.165) is 10.6 Å². The number of carbonyl (C=O) groups excluding carboxylic acids is 6. The highest BCUT2D eigenvalue weighted by Crippen LogP contribution is 2.34. The summed E-state index contributed by atoms with van der Waals surface area (Å²) in [6.07, 6.45) is 2.37. The summed E-state index contributed by atoms with van der Waals surface area (Å²) in [6, 6.07) is 12.3. The number of para-hydroxylation sites is 1. The number of benzene rings is 2. The maximum atomic E-state index is 13.2. The second kappa shape index (κ2) is 18.2. The lowest BCUT2D eigenvalue weighted by molar-refractivity contribution is -0.136. The molecule has 2 fully saturated rings. The molecule has 4 amide bonds. The molecule has 1 aromatic heterocycles. The van der Waals surface area contributed by atoms with Crippen LogP contribution in [0, 0.1) is 5.92 Å². The van der Waals surface area contributed by atoms with Crippen molar-refractivity contribution in [3.05, 3.63) is 65.2 Å². The SMILES string of the molecule is Nc1nnc(-c2ccccc2O)cc1N1CCC(C(=O)CCCOCCOCCOCC(=O)Cc2cccc3c2C(=O)N(C2CCC(=O)NC2=O)C3=O)CC1. The Morgan fingerprint density at radius 2 is 1.56 bits per heavy atom. The number of nitrogen functional groups attached to an aromatic ring is 1. The van der Waals surface area contributed by atoms with Crippen LogP contribution in [0.2, 0.25) is 0 Å². The van der Waals surface area contributed by atoms with Crippen LogP contribution in [0.4, 0.5) is 11.5 Å². The minimum absolute atomic E-state index is 0.0173. The molecule has 0 saturated carbocycles. The van der Waals surface area contributed by atoms with Crippen molar-refractivity contribution in [2.24, 2.45) is 5.92 Å². The van der Waals surface area contributed by atoms with Crippen LogP contribution in [0.1, 0.15) is 64.8 Å². The predicted molar refractivity (Wildman–Crippen MR) is 197 cm³/mol. The van der Waals surface area contributed by atoms with Crippen LogP contribution in [0.25, 0.3) is 11.3 Å². The van der Waals surface area contributed by atoms with Crippen LogP contribution in [0.3, 0.4) is 0 Å². The lowest BCUT2D eigenvalue weighted by Gasteiger charge is -2.33. The molecule has 3 aliphatic heterocycles. The largest absolute Gasteiger partial charge is 0.507 e. The molecule has 6 rings (SSSR count). The zero-order chi connectivity index (χ0) is 38.9. The second-order valence-electron chi connectivity index (χ2n) is 13.6. The Balaban J connectivity index is 0.813. The van der Waals surface area contributed by atoms with Crippen molar-refractivity contribution in [1.29, 1.82) is 0 Å². The van der Waals surface area contributed by atoms with E-state index in [1.165, 1.54) is 6.07 Å². The highest BCUT2D eigenvalue weighted by Gasteiger charge is 2.45. The highest BCUT2D eigenvalue weighted by molar-refractivity contribution is 6.24. The van der Waals surface area contributed by atoms with Crippen molar-refractivity contribution in [2.45, 2.75) is 51.0 Å². The van der Waals surface area contributed by atoms with E-state index in [2.05, 4.69) is 20.4 Å². The number of anilines is 2. The molecule has 1 atom stereocenters. The molecule has 3 aliphatic rings. The Labute approximate surface area is 317 Å². The summed E-state index contributed by atoms with van der Waals surface area (Å²) in [7, 11) is 0. The van der Waals surface area contributed by atoms with Gasteiger partial charge in [0.2, 0.25) is 11.8 Å². The van der Waals surface area contributed by atoms with E-state index >= 15 is 0 Å². The second-order valence-corrected chi connectivity index (χ2v) is 13.6. The number of rotatable bonds is 18. The van der Waals surface area contributed by atoms with Gasteiger partial charge in [0.25, 0.3) is 11.8 Å². The van der Waals surface area contributed by atoms with E-state index in [-0.39, 0.29) is 73.4 Å². The fraction of sp³-hybridized carbons (Fsp3) is 0.436. The molecule has 4 N–H and O–H groups in total. The smallest absolute Gasteiger partial charge is 0.262 e. The highest BCUT2D eigenvalue weighted by atomic mass is 16.5. The number of fused-ring (bicyclic) bond motifs is 1. The normalized spacial score (nSPS) is 17.4. The number of nitrogens with two attached hydrogens (primary N) is 1. The molecule has 55 heavy (non-hydrogen) atoms. The van der Waals surface area contributed by atoms with Crippen LogP contribution in [-0.4, -0.2) is 114 Å². The van der Waals surface area contributed by atoms with Gasteiger partial charge >= 0.3 is 0 Å². The Morgan fingerprint density at radius 1 is 0.855 bits per heavy atom. The summed E-state index contributed by atoms with van der Waals surface area (Å²) < 4.78 is 16.6. The number of aromatic nitrogens is 2. The van der Waals surface area contributed by atoms with Crippen molar-refractivity contribution >= 4 is 46.7 Å². The molecule has 4 heterocycles. The monoisotopic (exact) mass is 756 g/mol. The molecule has 290 valence electrons. The van der Waals surface area contributed by atoms with Crippen molar-refractivity contribution in [2.75, 3.05) is 63.4 Å². The molecule has 3 aromatic rings. The first-order chi connectivity index (χ1) is 26.6. The molecule has 0 spiro atoms. The molecule has 2 saturated heterocycles. The number of hydrogen-bond donors (Lipinski definition) is 3. The summed E-state index contributed by atoms with van der Waals surface area (Å²) in [4.78, 5) is 78.6. The van der Waals surface area contributed by atoms with E-state index in [0.29, 0.717) is 81.2 Å². The van der Waals surface area contributed by atoms with Crippen molar-refractivity contribution in [1.82, 2.24) is 20.4 Å². The van der Waals surface area contributed by atoms with Gasteiger partial charge in [0, 0.05) is 50.4 Å². The van der Waals surface area contributed by atoms with Crippen LogP contribution < -0.4 is 16.0 Å². The summed E-state index contributed by atoms with van der Waals surface area (Å²) >= 11 is 0. The minimum Gasteiger partial charge on any atom is -0.507 e. The van der Waals surface area contributed by atoms with E-state index < -0.39 is 29.7 Å². The lowest BCUT2D eigenvalue weighted by Crippen LogP contribution is -2.54. The van der Waals surface area contributed by atoms with Crippen molar-refractivity contribution < 1.29 is 48.1 Å². The maximum absolute atomic E-state index is 13.2. The number of ketones is 2. The molecule has 0 bridgehead atoms. The molecule has 16 nitrogen and oxygen atoms in total. The Bertz CT molecular complexity index is 1950. The van der Waals surface area contributed by atoms with E-state index in [1.54, 1.807) is 30.3 Å². The summed E-state index contributed by atoms with van der Waals surface area (Å²) in [5, 5.41) is 20.6. The molecule has 2 aromatic carbocycles. The average molecular weight is 757 g/mol. The molecule has 1 unspecified atom stereocenters. The Morgan fingerprint density at radius 3 is 2.31 bits per heavy atom. The number of nitrogens with zero attached hydrogens (tertiary/aromatic N) is 4. The van der Waals surface area contributed by atoms with Gasteiger partial charge in [-0.15, -0.1) is 10.2 Å². The van der Waals surface area contributed by atoms with E-state index in [1.807, 2.05) is 12.1 Å². The van der Waals surface area contributed by atoms with Crippen LogP contribution >= 0.6 is 0 Å². The number of amides is 4. The average Bonchev–Trinajstić information content (AvgIpc) is 3.43. The van der Waals surface area contributed by atoms with Gasteiger partial charge in [-0.3, -0.25) is 39.0 Å². The number of ether oxygens (including phenoxy) is 3. The number of nitrogens with one attached hydrogen (secondary N) is 1. The number of piperidine rings is 2. The standard InChI is InChI=1S/C39H44N6O10/c40-36-31(22-29(42-43-36)27-6-1-2-8-33(27)48)44-14-12-24(13-15-44)32(47)9-4-16-53-17-18-54-19-20-55-23-26(46)21-25-5-3-7-28-35(25)39(52)45(38(28)51)30-10-11-34(49)41-37(30)50/h1-3,5-8,22,24,30,48H,4,9-21,23H2,(H2,40,43)(H,41,49,50). The topological polar surface area (TPSA) is 221 Å². The van der Waals surface area contributed by atoms with Gasteiger partial charge in [-0.25, -0.2) is 0 Å². The summed E-state index contributed by atoms with van der Waals surface area (Å²) in [5.41, 5.74) is 8.55. The van der Waals surface area contributed by atoms with E-state index in [4.69, 9.17) is 19.9 Å². The summed E-state index contributed by atoms with van der Waals surface area (Å²) in [5.74, 6) is -2.14. The molecule has 16 heteroatoms. The van der Waals surface area contributed by atoms with Gasteiger partial charge in [-0.05, 0) is 55.5 Å². The minimum atomic E-state index is -1.08. The first-order valence-electron chi connectivity index (χ1n) is 18.4. The van der Waals surface area contributed by atoms with Gasteiger partial charge in [0.1, 0.15) is 24.2 Å². The van der Waals surface area contributed by atoms with Crippen LogP contribution in [0.15, 0.2) is 48.5 Å². The van der Waals surface area contributed by atoms with Crippen LogP contribution in [0.5, 0.6) is 5.75 Å². The van der Waals surface area contributed by atoms with Crippen LogP contribution in [-0.2, 0) is 39.8 Å².